The SMILES string of the molecule is COc1cc2c(cc1-c1ccn(C)n1)-c1c(C3CC(F)(F)C3)nc(C(=O)N3CCCC3(C)C(N)=O)n1CC2. The van der Waals surface area contributed by atoms with Crippen molar-refractivity contribution in [1.29, 1.82) is 0 Å². The Kier molecular flexibility index (Phi) is 5.41. The Hall–Kier alpha value is -3.76. The first-order valence-electron chi connectivity index (χ1n) is 12.8. The minimum Gasteiger partial charge on any atom is -0.496 e. The van der Waals surface area contributed by atoms with Gasteiger partial charge in [-0.25, -0.2) is 13.8 Å². The lowest BCUT2D eigenvalue weighted by molar-refractivity contribution is -0.126. The van der Waals surface area contributed by atoms with Gasteiger partial charge in [0.05, 0.1) is 24.2 Å². The zero-order valence-corrected chi connectivity index (χ0v) is 21.6. The highest BCUT2D eigenvalue weighted by molar-refractivity contribution is 5.98. The first-order valence-corrected chi connectivity index (χ1v) is 12.8. The summed E-state index contributed by atoms with van der Waals surface area (Å²) < 4.78 is 37.2. The molecule has 0 spiro atoms. The molecule has 1 aliphatic carbocycles. The lowest BCUT2D eigenvalue weighted by atomic mass is 9.77. The van der Waals surface area contributed by atoms with Gasteiger partial charge < -0.3 is 19.9 Å². The summed E-state index contributed by atoms with van der Waals surface area (Å²) in [5.41, 5.74) is 9.05. The van der Waals surface area contributed by atoms with Crippen molar-refractivity contribution in [2.75, 3.05) is 13.7 Å². The van der Waals surface area contributed by atoms with E-state index in [0.717, 1.165) is 16.7 Å². The van der Waals surface area contributed by atoms with Crippen molar-refractivity contribution in [2.24, 2.45) is 12.8 Å². The van der Waals surface area contributed by atoms with Gasteiger partial charge >= 0.3 is 0 Å². The Bertz CT molecular complexity index is 1470. The number of hydrogen-bond donors (Lipinski definition) is 1. The van der Waals surface area contributed by atoms with Crippen LogP contribution in [-0.4, -0.2) is 61.2 Å². The molecule has 3 aromatic rings. The Balaban J connectivity index is 1.52. The number of nitrogens with zero attached hydrogens (tertiary/aromatic N) is 5. The van der Waals surface area contributed by atoms with Crippen LogP contribution in [0.15, 0.2) is 24.4 Å². The molecule has 38 heavy (non-hydrogen) atoms. The molecule has 3 aliphatic rings. The number of aryl methyl sites for hydroxylation is 2. The molecule has 1 unspecified atom stereocenters. The predicted octanol–water partition coefficient (Wildman–Crippen LogP) is 3.51. The summed E-state index contributed by atoms with van der Waals surface area (Å²) in [5, 5.41) is 4.53. The summed E-state index contributed by atoms with van der Waals surface area (Å²) in [6, 6.07) is 5.80. The standard InChI is InChI=1S/C27H30F2N6O3/c1-26(25(30)37)7-4-8-35(26)24(36)23-31-21(16-13-27(28,29)14-16)22-17-12-18(19-6-9-33(2)32-19)20(38-3)11-15(17)5-10-34(22)23/h6,9,11-12,16H,4-5,7-8,10,13-14H2,1-3H3,(H2,30,37). The average Bonchev–Trinajstić information content (AvgIpc) is 3.58. The minimum atomic E-state index is -2.75. The predicted molar refractivity (Wildman–Crippen MR) is 135 cm³/mol. The number of aromatic nitrogens is 4. The Labute approximate surface area is 218 Å². The maximum atomic E-state index is 14.0. The van der Waals surface area contributed by atoms with Crippen LogP contribution >= 0.6 is 0 Å². The number of primary amides is 1. The molecule has 4 heterocycles. The van der Waals surface area contributed by atoms with Gasteiger partial charge in [-0.1, -0.05) is 0 Å². The second-order valence-electron chi connectivity index (χ2n) is 10.8. The maximum absolute atomic E-state index is 14.0. The van der Waals surface area contributed by atoms with Crippen LogP contribution in [-0.2, 0) is 24.8 Å². The lowest BCUT2D eigenvalue weighted by Crippen LogP contribution is -2.54. The Morgan fingerprint density at radius 2 is 1.95 bits per heavy atom. The molecule has 1 aromatic carbocycles. The van der Waals surface area contributed by atoms with Gasteiger partial charge in [-0.2, -0.15) is 5.10 Å². The van der Waals surface area contributed by atoms with Crippen molar-refractivity contribution in [3.8, 4) is 28.3 Å². The number of alkyl halides is 2. The van der Waals surface area contributed by atoms with E-state index in [1.165, 1.54) is 4.90 Å². The van der Waals surface area contributed by atoms with Crippen molar-refractivity contribution >= 4 is 11.8 Å². The van der Waals surface area contributed by atoms with Crippen LogP contribution in [0, 0.1) is 0 Å². The van der Waals surface area contributed by atoms with Gasteiger partial charge in [0.15, 0.2) is 5.82 Å². The largest absolute Gasteiger partial charge is 0.496 e. The summed E-state index contributed by atoms with van der Waals surface area (Å²) in [4.78, 5) is 32.4. The summed E-state index contributed by atoms with van der Waals surface area (Å²) in [5.74, 6) is -3.35. The van der Waals surface area contributed by atoms with Crippen molar-refractivity contribution in [1.82, 2.24) is 24.2 Å². The van der Waals surface area contributed by atoms with Crippen LogP contribution in [0.1, 0.15) is 60.4 Å². The number of halogens is 2. The molecule has 0 radical (unpaired) electrons. The highest BCUT2D eigenvalue weighted by Crippen LogP contribution is 2.52. The van der Waals surface area contributed by atoms with Crippen molar-refractivity contribution in [3.05, 3.63) is 41.5 Å². The fourth-order valence-electron chi connectivity index (χ4n) is 6.15. The number of ether oxygens (including phenoxy) is 1. The van der Waals surface area contributed by atoms with Gasteiger partial charge in [-0.3, -0.25) is 14.3 Å². The first-order chi connectivity index (χ1) is 18.0. The highest BCUT2D eigenvalue weighted by Gasteiger charge is 2.50. The Morgan fingerprint density at radius 1 is 1.18 bits per heavy atom. The third kappa shape index (κ3) is 3.62. The van der Waals surface area contributed by atoms with E-state index in [2.05, 4.69) is 5.10 Å². The van der Waals surface area contributed by atoms with Gasteiger partial charge in [-0.05, 0) is 49.9 Å². The number of imidazole rings is 1. The molecular formula is C27H30F2N6O3. The molecule has 2 N–H and O–H groups in total. The zero-order valence-electron chi connectivity index (χ0n) is 21.6. The second kappa shape index (κ2) is 8.37. The topological polar surface area (TPSA) is 108 Å². The van der Waals surface area contributed by atoms with Crippen molar-refractivity contribution in [3.63, 3.8) is 0 Å². The number of fused-ring (bicyclic) bond motifs is 3. The van der Waals surface area contributed by atoms with Crippen LogP contribution in [0.25, 0.3) is 22.5 Å². The number of hydrogen-bond acceptors (Lipinski definition) is 5. The van der Waals surface area contributed by atoms with Crippen molar-refractivity contribution in [2.45, 2.75) is 63.0 Å². The number of amides is 2. The maximum Gasteiger partial charge on any atom is 0.290 e. The average molecular weight is 525 g/mol. The van der Waals surface area contributed by atoms with Crippen molar-refractivity contribution < 1.29 is 23.1 Å². The van der Waals surface area contributed by atoms with E-state index in [9.17, 15) is 18.4 Å². The summed E-state index contributed by atoms with van der Waals surface area (Å²) in [6.07, 6.45) is 2.93. The number of methoxy groups -OCH3 is 1. The normalized spacial score (nSPS) is 22.1. The summed E-state index contributed by atoms with van der Waals surface area (Å²) in [6.45, 7) is 2.51. The minimum absolute atomic E-state index is 0.167. The molecule has 6 rings (SSSR count). The molecule has 0 bridgehead atoms. The molecule has 1 saturated carbocycles. The molecule has 2 aliphatic heterocycles. The molecule has 2 amide bonds. The van der Waals surface area contributed by atoms with E-state index in [1.807, 2.05) is 36.0 Å². The molecule has 200 valence electrons. The molecule has 9 nitrogen and oxygen atoms in total. The van der Waals surface area contributed by atoms with Gasteiger partial charge in [0.25, 0.3) is 5.91 Å². The van der Waals surface area contributed by atoms with E-state index >= 15 is 0 Å². The van der Waals surface area contributed by atoms with Gasteiger partial charge in [0.2, 0.25) is 11.8 Å². The van der Waals surface area contributed by atoms with Crippen LogP contribution in [0.2, 0.25) is 0 Å². The molecule has 11 heteroatoms. The van der Waals surface area contributed by atoms with E-state index in [1.54, 1.807) is 18.7 Å². The summed E-state index contributed by atoms with van der Waals surface area (Å²) in [7, 11) is 3.43. The van der Waals surface area contributed by atoms with Gasteiger partial charge in [-0.15, -0.1) is 0 Å². The summed E-state index contributed by atoms with van der Waals surface area (Å²) >= 11 is 0. The third-order valence-corrected chi connectivity index (χ3v) is 8.35. The van der Waals surface area contributed by atoms with Crippen LogP contribution in [0.3, 0.4) is 0 Å². The van der Waals surface area contributed by atoms with E-state index < -0.39 is 29.2 Å². The van der Waals surface area contributed by atoms with Gasteiger partial charge in [0.1, 0.15) is 11.3 Å². The third-order valence-electron chi connectivity index (χ3n) is 8.35. The van der Waals surface area contributed by atoms with E-state index in [-0.39, 0.29) is 18.7 Å². The monoisotopic (exact) mass is 524 g/mol. The van der Waals surface area contributed by atoms with E-state index in [4.69, 9.17) is 15.5 Å². The molecule has 1 saturated heterocycles. The molecular weight excluding hydrogens is 494 g/mol. The molecule has 2 aromatic heterocycles. The fourth-order valence-corrected chi connectivity index (χ4v) is 6.15. The van der Waals surface area contributed by atoms with Gasteiger partial charge in [0, 0.05) is 56.2 Å². The van der Waals surface area contributed by atoms with Crippen LogP contribution < -0.4 is 10.5 Å². The van der Waals surface area contributed by atoms with E-state index in [0.29, 0.717) is 55.2 Å². The van der Waals surface area contributed by atoms with Crippen LogP contribution in [0.5, 0.6) is 5.75 Å². The number of carbonyl (C=O) groups is 2. The lowest BCUT2D eigenvalue weighted by Gasteiger charge is -2.35. The quantitative estimate of drug-likeness (QED) is 0.550. The zero-order chi connectivity index (χ0) is 27.0. The molecule has 2 fully saturated rings. The number of likely N-dealkylation sites (tertiary alicyclic amines) is 1. The number of rotatable bonds is 5. The number of benzene rings is 1. The first kappa shape index (κ1) is 24.6. The molecule has 1 atom stereocenters. The van der Waals surface area contributed by atoms with Crippen LogP contribution in [0.4, 0.5) is 8.78 Å². The Morgan fingerprint density at radius 3 is 2.58 bits per heavy atom. The highest BCUT2D eigenvalue weighted by atomic mass is 19.3. The number of nitrogens with two attached hydrogens (primary N) is 1. The second-order valence-corrected chi connectivity index (χ2v) is 10.8. The number of carbonyl (C=O) groups excluding carboxylic acids is 2. The smallest absolute Gasteiger partial charge is 0.290 e. The fraction of sp³-hybridized carbons (Fsp3) is 0.481.